The van der Waals surface area contributed by atoms with Crippen LogP contribution < -0.4 is 10.6 Å². The van der Waals surface area contributed by atoms with Crippen LogP contribution >= 0.6 is 0 Å². The first kappa shape index (κ1) is 10.6. The quantitative estimate of drug-likeness (QED) is 0.584. The van der Waals surface area contributed by atoms with E-state index in [1.54, 1.807) is 24.3 Å². The number of hydrogen-bond donors (Lipinski definition) is 3. The first-order chi connectivity index (χ1) is 7.65. The number of benzene rings is 1. The molecule has 2 rings (SSSR count). The van der Waals surface area contributed by atoms with Crippen LogP contribution in [0, 0.1) is 5.92 Å². The van der Waals surface area contributed by atoms with Crippen LogP contribution in [0.4, 0.5) is 5.69 Å². The molecule has 0 saturated heterocycles. The second kappa shape index (κ2) is 3.94. The Labute approximate surface area is 92.5 Å². The van der Waals surface area contributed by atoms with Gasteiger partial charge in [-0.1, -0.05) is 18.2 Å². The van der Waals surface area contributed by atoms with Gasteiger partial charge in [-0.05, 0) is 6.07 Å². The fourth-order valence-corrected chi connectivity index (χ4v) is 1.82. The Bertz CT molecular complexity index is 445. The molecule has 1 aromatic rings. The summed E-state index contributed by atoms with van der Waals surface area (Å²) < 4.78 is 0. The Morgan fingerprint density at radius 2 is 2.12 bits per heavy atom. The van der Waals surface area contributed by atoms with E-state index in [9.17, 15) is 14.7 Å². The van der Waals surface area contributed by atoms with E-state index in [1.165, 1.54) is 7.05 Å². The Kier molecular flexibility index (Phi) is 2.62. The monoisotopic (exact) mass is 220 g/mol. The molecule has 0 aromatic heterocycles. The fourth-order valence-electron chi connectivity index (χ4n) is 1.82. The molecule has 2 unspecified atom stereocenters. The zero-order valence-corrected chi connectivity index (χ0v) is 8.73. The standard InChI is InChI=1S/C11H12N2O3/c1-12-10(15)8-9(14)6-4-2-3-5-7(6)13-11(8)16/h2-5,8-9,14H,1H3,(H,12,15)(H,13,16). The first-order valence-electron chi connectivity index (χ1n) is 4.94. The maximum Gasteiger partial charge on any atom is 0.239 e. The van der Waals surface area contributed by atoms with Gasteiger partial charge in [0.25, 0.3) is 0 Å². The van der Waals surface area contributed by atoms with Crippen LogP contribution in [-0.4, -0.2) is 24.0 Å². The average molecular weight is 220 g/mol. The summed E-state index contributed by atoms with van der Waals surface area (Å²) in [7, 11) is 1.43. The van der Waals surface area contributed by atoms with Crippen molar-refractivity contribution in [3.63, 3.8) is 0 Å². The molecule has 0 aliphatic carbocycles. The molecule has 2 amide bonds. The zero-order chi connectivity index (χ0) is 11.7. The van der Waals surface area contributed by atoms with Gasteiger partial charge in [-0.25, -0.2) is 0 Å². The van der Waals surface area contributed by atoms with Gasteiger partial charge in [-0.3, -0.25) is 9.59 Å². The van der Waals surface area contributed by atoms with Gasteiger partial charge in [0.1, 0.15) is 12.0 Å². The van der Waals surface area contributed by atoms with E-state index in [-0.39, 0.29) is 0 Å². The zero-order valence-electron chi connectivity index (χ0n) is 8.73. The lowest BCUT2D eigenvalue weighted by atomic mass is 9.89. The molecular formula is C11H12N2O3. The van der Waals surface area contributed by atoms with E-state index < -0.39 is 23.8 Å². The Morgan fingerprint density at radius 1 is 1.44 bits per heavy atom. The molecule has 0 bridgehead atoms. The third-order valence-corrected chi connectivity index (χ3v) is 2.66. The number of hydrogen-bond acceptors (Lipinski definition) is 3. The maximum atomic E-state index is 11.6. The lowest BCUT2D eigenvalue weighted by Gasteiger charge is -2.28. The van der Waals surface area contributed by atoms with E-state index >= 15 is 0 Å². The van der Waals surface area contributed by atoms with Gasteiger partial charge in [-0.15, -0.1) is 0 Å². The van der Waals surface area contributed by atoms with Gasteiger partial charge in [0.2, 0.25) is 11.8 Å². The smallest absolute Gasteiger partial charge is 0.239 e. The molecule has 16 heavy (non-hydrogen) atoms. The molecule has 0 saturated carbocycles. The number of carbonyl (C=O) groups is 2. The number of carbonyl (C=O) groups excluding carboxylic acids is 2. The molecular weight excluding hydrogens is 208 g/mol. The highest BCUT2D eigenvalue weighted by Crippen LogP contribution is 2.33. The molecule has 1 aliphatic rings. The summed E-state index contributed by atoms with van der Waals surface area (Å²) >= 11 is 0. The molecule has 84 valence electrons. The van der Waals surface area contributed by atoms with Crippen LogP contribution in [0.1, 0.15) is 11.7 Å². The third kappa shape index (κ3) is 1.55. The topological polar surface area (TPSA) is 78.4 Å². The molecule has 0 spiro atoms. The lowest BCUT2D eigenvalue weighted by molar-refractivity contribution is -0.137. The molecule has 3 N–H and O–H groups in total. The summed E-state index contributed by atoms with van der Waals surface area (Å²) in [5, 5.41) is 14.9. The van der Waals surface area contributed by atoms with Gasteiger partial charge >= 0.3 is 0 Å². The second-order valence-corrected chi connectivity index (χ2v) is 3.61. The number of amides is 2. The van der Waals surface area contributed by atoms with E-state index in [0.717, 1.165) is 0 Å². The van der Waals surface area contributed by atoms with Gasteiger partial charge in [-0.2, -0.15) is 0 Å². The van der Waals surface area contributed by atoms with Crippen LogP contribution in [0.2, 0.25) is 0 Å². The van der Waals surface area contributed by atoms with Crippen molar-refractivity contribution in [2.24, 2.45) is 5.92 Å². The fraction of sp³-hybridized carbons (Fsp3) is 0.273. The average Bonchev–Trinajstić information content (AvgIpc) is 2.28. The number of rotatable bonds is 1. The third-order valence-electron chi connectivity index (χ3n) is 2.66. The van der Waals surface area contributed by atoms with E-state index in [0.29, 0.717) is 11.3 Å². The van der Waals surface area contributed by atoms with Crippen molar-refractivity contribution in [2.75, 3.05) is 12.4 Å². The Morgan fingerprint density at radius 3 is 2.81 bits per heavy atom. The van der Waals surface area contributed by atoms with Crippen LogP contribution in [0.15, 0.2) is 24.3 Å². The molecule has 5 heteroatoms. The van der Waals surface area contributed by atoms with Crippen LogP contribution in [0.5, 0.6) is 0 Å². The van der Waals surface area contributed by atoms with E-state index in [1.807, 2.05) is 0 Å². The highest BCUT2D eigenvalue weighted by Gasteiger charge is 2.39. The number of para-hydroxylation sites is 1. The van der Waals surface area contributed by atoms with Crippen LogP contribution in [-0.2, 0) is 9.59 Å². The summed E-state index contributed by atoms with van der Waals surface area (Å²) in [4.78, 5) is 23.1. The van der Waals surface area contributed by atoms with Crippen molar-refractivity contribution in [3.8, 4) is 0 Å². The van der Waals surface area contributed by atoms with Gasteiger partial charge in [0.05, 0.1) is 0 Å². The van der Waals surface area contributed by atoms with Crippen molar-refractivity contribution in [1.82, 2.24) is 5.32 Å². The number of aliphatic hydroxyl groups is 1. The number of fused-ring (bicyclic) bond motifs is 1. The molecule has 2 atom stereocenters. The van der Waals surface area contributed by atoms with Crippen molar-refractivity contribution < 1.29 is 14.7 Å². The van der Waals surface area contributed by atoms with Gasteiger partial charge < -0.3 is 15.7 Å². The van der Waals surface area contributed by atoms with Crippen LogP contribution in [0.25, 0.3) is 0 Å². The van der Waals surface area contributed by atoms with E-state index in [4.69, 9.17) is 0 Å². The summed E-state index contributed by atoms with van der Waals surface area (Å²) in [5.41, 5.74) is 1.12. The first-order valence-corrected chi connectivity index (χ1v) is 4.94. The minimum atomic E-state index is -1.09. The molecule has 0 radical (unpaired) electrons. The normalized spacial score (nSPS) is 23.2. The predicted molar refractivity (Wildman–Crippen MR) is 57.6 cm³/mol. The van der Waals surface area contributed by atoms with Crippen LogP contribution in [0.3, 0.4) is 0 Å². The lowest BCUT2D eigenvalue weighted by Crippen LogP contribution is -2.43. The van der Waals surface area contributed by atoms with Gasteiger partial charge in [0.15, 0.2) is 0 Å². The second-order valence-electron chi connectivity index (χ2n) is 3.61. The van der Waals surface area contributed by atoms with Crippen molar-refractivity contribution in [1.29, 1.82) is 0 Å². The summed E-state index contributed by atoms with van der Waals surface area (Å²) in [5.74, 6) is -2.05. The summed E-state index contributed by atoms with van der Waals surface area (Å²) in [6.45, 7) is 0. The van der Waals surface area contributed by atoms with Crippen molar-refractivity contribution in [2.45, 2.75) is 6.10 Å². The van der Waals surface area contributed by atoms with E-state index in [2.05, 4.69) is 10.6 Å². The largest absolute Gasteiger partial charge is 0.387 e. The minimum absolute atomic E-state index is 0.481. The molecule has 1 heterocycles. The maximum absolute atomic E-state index is 11.6. The van der Waals surface area contributed by atoms with Gasteiger partial charge in [0, 0.05) is 18.3 Å². The highest BCUT2D eigenvalue weighted by molar-refractivity contribution is 6.09. The highest BCUT2D eigenvalue weighted by atomic mass is 16.3. The predicted octanol–water partition coefficient (Wildman–Crippen LogP) is 0.0343. The molecule has 1 aromatic carbocycles. The molecule has 1 aliphatic heterocycles. The number of aliphatic hydroxyl groups excluding tert-OH is 1. The van der Waals surface area contributed by atoms with Crippen molar-refractivity contribution in [3.05, 3.63) is 29.8 Å². The Hall–Kier alpha value is -1.88. The molecule has 0 fully saturated rings. The minimum Gasteiger partial charge on any atom is -0.387 e. The SMILES string of the molecule is CNC(=O)C1C(=O)Nc2ccccc2C1O. The number of nitrogens with one attached hydrogen (secondary N) is 2. The summed E-state index contributed by atoms with van der Waals surface area (Å²) in [6, 6.07) is 6.89. The summed E-state index contributed by atoms with van der Waals surface area (Å²) in [6.07, 6.45) is -1.09. The van der Waals surface area contributed by atoms with Crippen molar-refractivity contribution >= 4 is 17.5 Å². The number of anilines is 1. The Balaban J connectivity index is 2.41. The molecule has 5 nitrogen and oxygen atoms in total.